The van der Waals surface area contributed by atoms with Gasteiger partial charge in [0.05, 0.1) is 12.3 Å². The lowest BCUT2D eigenvalue weighted by Gasteiger charge is -2.19. The highest BCUT2D eigenvalue weighted by molar-refractivity contribution is 5.87. The average Bonchev–Trinajstić information content (AvgIpc) is 2.66. The van der Waals surface area contributed by atoms with E-state index in [0.717, 1.165) is 5.56 Å². The fourth-order valence-corrected chi connectivity index (χ4v) is 2.09. The molecule has 7 nitrogen and oxygen atoms in total. The van der Waals surface area contributed by atoms with E-state index in [1.54, 1.807) is 12.1 Å². The van der Waals surface area contributed by atoms with Crippen molar-refractivity contribution in [2.45, 2.75) is 25.7 Å². The van der Waals surface area contributed by atoms with Crippen LogP contribution in [0.5, 0.6) is 0 Å². The van der Waals surface area contributed by atoms with Crippen molar-refractivity contribution in [1.29, 1.82) is 0 Å². The van der Waals surface area contributed by atoms with Crippen LogP contribution in [0.25, 0.3) is 0 Å². The summed E-state index contributed by atoms with van der Waals surface area (Å²) in [6.07, 6.45) is -0.706. The maximum atomic E-state index is 12.8. The second-order valence-corrected chi connectivity index (χ2v) is 5.71. The largest absolute Gasteiger partial charge is 0.445 e. The number of amides is 2. The van der Waals surface area contributed by atoms with Crippen LogP contribution in [0.15, 0.2) is 59.7 Å². The van der Waals surface area contributed by atoms with Gasteiger partial charge < -0.3 is 15.2 Å². The number of carbonyl (C=O) groups is 2. The number of ether oxygens (including phenoxy) is 1. The summed E-state index contributed by atoms with van der Waals surface area (Å²) in [5.74, 6) is -1.11. The zero-order valence-electron chi connectivity index (χ0n) is 14.6. The number of benzene rings is 2. The molecule has 0 radical (unpaired) electrons. The van der Waals surface area contributed by atoms with Crippen LogP contribution in [0.2, 0.25) is 0 Å². The summed E-state index contributed by atoms with van der Waals surface area (Å²) < 4.78 is 17.9. The van der Waals surface area contributed by atoms with Crippen molar-refractivity contribution in [2.75, 3.05) is 0 Å². The Hall–Kier alpha value is -3.26. The summed E-state index contributed by atoms with van der Waals surface area (Å²) in [7, 11) is 0. The molecule has 0 saturated heterocycles. The van der Waals surface area contributed by atoms with Gasteiger partial charge in [0.2, 0.25) is 0 Å². The van der Waals surface area contributed by atoms with Gasteiger partial charge in [-0.1, -0.05) is 42.5 Å². The van der Waals surface area contributed by atoms with E-state index in [-0.39, 0.29) is 12.4 Å². The fraction of sp³-hybridized carbons (Fsp3) is 0.211. The van der Waals surface area contributed by atoms with Crippen LogP contribution in [0.1, 0.15) is 18.1 Å². The number of nitrogens with one attached hydrogen (secondary N) is 2. The van der Waals surface area contributed by atoms with Gasteiger partial charge in [-0.15, -0.1) is 0 Å². The summed E-state index contributed by atoms with van der Waals surface area (Å²) in [6.45, 7) is 1.38. The maximum Gasteiger partial charge on any atom is 0.408 e. The smallest absolute Gasteiger partial charge is 0.408 e. The standard InChI is InChI=1S/C19H20FN3O4/c1-13(24)17(22-19(26)27-12-15-5-3-2-4-6-15)18(25)23-21-11-14-7-9-16(20)10-8-14/h2-11,13,17,24H,12H2,1H3,(H,22,26)(H,23,25)/b21-11-/t13-,17-/m0/s1. The molecule has 2 aromatic rings. The van der Waals surface area contributed by atoms with Crippen molar-refractivity contribution in [3.63, 3.8) is 0 Å². The number of nitrogens with zero attached hydrogens (tertiary/aromatic N) is 1. The van der Waals surface area contributed by atoms with Gasteiger partial charge >= 0.3 is 6.09 Å². The molecule has 27 heavy (non-hydrogen) atoms. The van der Waals surface area contributed by atoms with Crippen LogP contribution < -0.4 is 10.7 Å². The predicted molar refractivity (Wildman–Crippen MR) is 97.4 cm³/mol. The highest BCUT2D eigenvalue weighted by atomic mass is 19.1. The molecule has 0 aromatic heterocycles. The topological polar surface area (TPSA) is 100 Å². The Balaban J connectivity index is 1.86. The second kappa shape index (κ2) is 10.0. The first-order chi connectivity index (χ1) is 13.0. The monoisotopic (exact) mass is 373 g/mol. The number of aliphatic hydroxyl groups excluding tert-OH is 1. The molecule has 0 unspecified atom stereocenters. The number of halogens is 1. The Labute approximate surface area is 155 Å². The zero-order valence-corrected chi connectivity index (χ0v) is 14.6. The Bertz CT molecular complexity index is 779. The molecule has 0 aliphatic rings. The number of hydrogen-bond acceptors (Lipinski definition) is 5. The zero-order chi connectivity index (χ0) is 19.6. The molecule has 2 atom stereocenters. The van der Waals surface area contributed by atoms with Crippen LogP contribution in [0.4, 0.5) is 9.18 Å². The van der Waals surface area contributed by atoms with Gasteiger partial charge in [-0.2, -0.15) is 5.10 Å². The van der Waals surface area contributed by atoms with Crippen LogP contribution in [-0.2, 0) is 16.1 Å². The van der Waals surface area contributed by atoms with Crippen molar-refractivity contribution in [3.8, 4) is 0 Å². The first-order valence-corrected chi connectivity index (χ1v) is 8.19. The van der Waals surface area contributed by atoms with Gasteiger partial charge in [0.15, 0.2) is 0 Å². The van der Waals surface area contributed by atoms with E-state index in [4.69, 9.17) is 4.74 Å². The van der Waals surface area contributed by atoms with Crippen LogP contribution >= 0.6 is 0 Å². The molecule has 0 bridgehead atoms. The van der Waals surface area contributed by atoms with Gasteiger partial charge in [0.25, 0.3) is 5.91 Å². The molecular formula is C19H20FN3O4. The molecule has 0 aliphatic carbocycles. The lowest BCUT2D eigenvalue weighted by atomic mass is 10.2. The number of rotatable bonds is 7. The molecule has 8 heteroatoms. The minimum atomic E-state index is -1.25. The molecule has 2 rings (SSSR count). The molecule has 0 fully saturated rings. The van der Waals surface area contributed by atoms with Gasteiger partial charge in [0, 0.05) is 0 Å². The second-order valence-electron chi connectivity index (χ2n) is 5.71. The van der Waals surface area contributed by atoms with Gasteiger partial charge in [0.1, 0.15) is 18.5 Å². The van der Waals surface area contributed by atoms with Crippen molar-refractivity contribution < 1.29 is 23.8 Å². The van der Waals surface area contributed by atoms with Crippen LogP contribution in [0, 0.1) is 5.82 Å². The summed E-state index contributed by atoms with van der Waals surface area (Å²) in [6, 6.07) is 13.3. The SMILES string of the molecule is C[C@H](O)[C@H](NC(=O)OCc1ccccc1)C(=O)N/N=C\c1ccc(F)cc1. The van der Waals surface area contributed by atoms with Crippen molar-refractivity contribution >= 4 is 18.2 Å². The molecular weight excluding hydrogens is 353 g/mol. The van der Waals surface area contributed by atoms with Crippen LogP contribution in [-0.4, -0.2) is 35.5 Å². The van der Waals surface area contributed by atoms with E-state index in [0.29, 0.717) is 5.56 Å². The van der Waals surface area contributed by atoms with Crippen LogP contribution in [0.3, 0.4) is 0 Å². The summed E-state index contributed by atoms with van der Waals surface area (Å²) >= 11 is 0. The normalized spacial score (nSPS) is 13.0. The number of hydrogen-bond donors (Lipinski definition) is 3. The summed E-state index contributed by atoms with van der Waals surface area (Å²) in [5.41, 5.74) is 3.57. The average molecular weight is 373 g/mol. The quantitative estimate of drug-likeness (QED) is 0.510. The number of carbonyl (C=O) groups excluding carboxylic acids is 2. The van der Waals surface area contributed by atoms with E-state index in [1.165, 1.54) is 37.4 Å². The van der Waals surface area contributed by atoms with E-state index < -0.39 is 24.1 Å². The van der Waals surface area contributed by atoms with Gasteiger partial charge in [-0.3, -0.25) is 4.79 Å². The number of alkyl carbamates (subject to hydrolysis) is 1. The Kier molecular flexibility index (Phi) is 7.45. The van der Waals surface area contributed by atoms with Crippen molar-refractivity contribution in [1.82, 2.24) is 10.7 Å². The minimum absolute atomic E-state index is 0.0313. The highest BCUT2D eigenvalue weighted by Crippen LogP contribution is 2.02. The third kappa shape index (κ3) is 6.87. The Morgan fingerprint density at radius 1 is 1.19 bits per heavy atom. The van der Waals surface area contributed by atoms with E-state index in [2.05, 4.69) is 15.8 Å². The van der Waals surface area contributed by atoms with E-state index in [9.17, 15) is 19.1 Å². The Morgan fingerprint density at radius 3 is 2.48 bits per heavy atom. The number of aliphatic hydroxyl groups is 1. The van der Waals surface area contributed by atoms with E-state index >= 15 is 0 Å². The minimum Gasteiger partial charge on any atom is -0.445 e. The lowest BCUT2D eigenvalue weighted by molar-refractivity contribution is -0.125. The van der Waals surface area contributed by atoms with Crippen molar-refractivity contribution in [3.05, 3.63) is 71.5 Å². The maximum absolute atomic E-state index is 12.8. The molecule has 0 spiro atoms. The van der Waals surface area contributed by atoms with E-state index in [1.807, 2.05) is 18.2 Å². The van der Waals surface area contributed by atoms with Gasteiger partial charge in [-0.05, 0) is 30.2 Å². The van der Waals surface area contributed by atoms with Gasteiger partial charge in [-0.25, -0.2) is 14.6 Å². The molecule has 0 saturated carbocycles. The van der Waals surface area contributed by atoms with Crippen molar-refractivity contribution in [2.24, 2.45) is 5.10 Å². The summed E-state index contributed by atoms with van der Waals surface area (Å²) in [4.78, 5) is 24.0. The highest BCUT2D eigenvalue weighted by Gasteiger charge is 2.26. The first-order valence-electron chi connectivity index (χ1n) is 8.19. The molecule has 0 heterocycles. The number of hydrazone groups is 1. The lowest BCUT2D eigenvalue weighted by Crippen LogP contribution is -2.51. The third-order valence-electron chi connectivity index (χ3n) is 3.51. The molecule has 0 aliphatic heterocycles. The fourth-order valence-electron chi connectivity index (χ4n) is 2.09. The molecule has 142 valence electrons. The Morgan fingerprint density at radius 2 is 1.85 bits per heavy atom. The molecule has 3 N–H and O–H groups in total. The molecule has 2 aromatic carbocycles. The summed E-state index contributed by atoms with van der Waals surface area (Å²) in [5, 5.41) is 15.8. The predicted octanol–water partition coefficient (Wildman–Crippen LogP) is 1.95. The molecule has 2 amide bonds. The third-order valence-corrected chi connectivity index (χ3v) is 3.51. The first kappa shape index (κ1) is 20.1.